The molecule has 0 aliphatic rings. The molecular weight excluding hydrogens is 361 g/mol. The molecule has 0 atom stereocenters. The SMILES string of the molecule is CC(C)(C)C(=O)Nc1ccc(C(=O)COC(=O)CCc2ccc(F)cc2)cc1. The number of benzene rings is 2. The molecule has 28 heavy (non-hydrogen) atoms. The maximum Gasteiger partial charge on any atom is 0.306 e. The number of rotatable bonds is 7. The summed E-state index contributed by atoms with van der Waals surface area (Å²) in [5, 5.41) is 2.77. The lowest BCUT2D eigenvalue weighted by molar-refractivity contribution is -0.142. The zero-order valence-electron chi connectivity index (χ0n) is 16.3. The first kappa shape index (κ1) is 21.3. The predicted molar refractivity (Wildman–Crippen MR) is 105 cm³/mol. The lowest BCUT2D eigenvalue weighted by Crippen LogP contribution is -2.27. The highest BCUT2D eigenvalue weighted by Gasteiger charge is 2.21. The van der Waals surface area contributed by atoms with Gasteiger partial charge in [-0.1, -0.05) is 32.9 Å². The van der Waals surface area contributed by atoms with Crippen molar-refractivity contribution in [3.8, 4) is 0 Å². The smallest absolute Gasteiger partial charge is 0.306 e. The van der Waals surface area contributed by atoms with Crippen molar-refractivity contribution in [3.05, 3.63) is 65.5 Å². The van der Waals surface area contributed by atoms with Crippen LogP contribution in [0.25, 0.3) is 0 Å². The number of carbonyl (C=O) groups is 3. The standard InChI is InChI=1S/C22H24FNO4/c1-22(2,3)21(27)24-18-11-7-16(8-12-18)19(25)14-28-20(26)13-6-15-4-9-17(23)10-5-15/h4-5,7-12H,6,13-14H2,1-3H3,(H,24,27). The number of hydrogen-bond donors (Lipinski definition) is 1. The van der Waals surface area contributed by atoms with Crippen LogP contribution < -0.4 is 5.32 Å². The molecule has 0 unspecified atom stereocenters. The molecule has 2 aromatic rings. The normalized spacial score (nSPS) is 11.0. The lowest BCUT2D eigenvalue weighted by Gasteiger charge is -2.17. The summed E-state index contributed by atoms with van der Waals surface area (Å²) >= 11 is 0. The van der Waals surface area contributed by atoms with Crippen molar-refractivity contribution in [3.63, 3.8) is 0 Å². The van der Waals surface area contributed by atoms with Crippen molar-refractivity contribution in [1.29, 1.82) is 0 Å². The summed E-state index contributed by atoms with van der Waals surface area (Å²) in [6.45, 7) is 5.08. The highest BCUT2D eigenvalue weighted by Crippen LogP contribution is 2.18. The third kappa shape index (κ3) is 6.61. The molecule has 2 rings (SSSR count). The van der Waals surface area contributed by atoms with E-state index in [1.165, 1.54) is 12.1 Å². The van der Waals surface area contributed by atoms with Crippen molar-refractivity contribution >= 4 is 23.3 Å². The molecule has 1 amide bonds. The van der Waals surface area contributed by atoms with E-state index in [1.807, 2.05) is 20.8 Å². The van der Waals surface area contributed by atoms with Crippen LogP contribution in [0.1, 0.15) is 43.1 Å². The molecule has 148 valence electrons. The van der Waals surface area contributed by atoms with E-state index in [4.69, 9.17) is 4.74 Å². The van der Waals surface area contributed by atoms with Crippen molar-refractivity contribution < 1.29 is 23.5 Å². The number of Topliss-reactive ketones (excluding diaryl/α,β-unsaturated/α-hetero) is 1. The van der Waals surface area contributed by atoms with Gasteiger partial charge in [0.05, 0.1) is 0 Å². The quantitative estimate of drug-likeness (QED) is 0.574. The number of esters is 1. The molecule has 6 heteroatoms. The Bertz CT molecular complexity index is 836. The first-order chi connectivity index (χ1) is 13.1. The second kappa shape index (κ2) is 9.26. The number of carbonyl (C=O) groups excluding carboxylic acids is 3. The van der Waals surface area contributed by atoms with Gasteiger partial charge >= 0.3 is 5.97 Å². The van der Waals surface area contributed by atoms with Gasteiger partial charge in [0.2, 0.25) is 5.91 Å². The Morgan fingerprint density at radius 3 is 2.14 bits per heavy atom. The van der Waals surface area contributed by atoms with Crippen LogP contribution in [0.4, 0.5) is 10.1 Å². The van der Waals surface area contributed by atoms with E-state index < -0.39 is 11.4 Å². The van der Waals surface area contributed by atoms with Crippen LogP contribution in [-0.2, 0) is 20.7 Å². The summed E-state index contributed by atoms with van der Waals surface area (Å²) < 4.78 is 17.9. The minimum absolute atomic E-state index is 0.108. The first-order valence-corrected chi connectivity index (χ1v) is 9.00. The number of amides is 1. The van der Waals surface area contributed by atoms with Crippen molar-refractivity contribution in [2.24, 2.45) is 5.41 Å². The molecular formula is C22H24FNO4. The lowest BCUT2D eigenvalue weighted by atomic mass is 9.95. The van der Waals surface area contributed by atoms with Gasteiger partial charge in [-0.05, 0) is 48.4 Å². The Kier molecular flexibility index (Phi) is 7.04. The van der Waals surface area contributed by atoms with E-state index in [0.29, 0.717) is 17.7 Å². The van der Waals surface area contributed by atoms with Crippen LogP contribution in [-0.4, -0.2) is 24.3 Å². The van der Waals surface area contributed by atoms with Gasteiger partial charge in [0.15, 0.2) is 12.4 Å². The van der Waals surface area contributed by atoms with Crippen molar-refractivity contribution in [2.45, 2.75) is 33.6 Å². The van der Waals surface area contributed by atoms with Crippen molar-refractivity contribution in [2.75, 3.05) is 11.9 Å². The van der Waals surface area contributed by atoms with Crippen LogP contribution in [0.5, 0.6) is 0 Å². The third-order valence-corrected chi connectivity index (χ3v) is 4.04. The fourth-order valence-corrected chi connectivity index (χ4v) is 2.26. The number of ether oxygens (including phenoxy) is 1. The summed E-state index contributed by atoms with van der Waals surface area (Å²) in [7, 11) is 0. The van der Waals surface area contributed by atoms with E-state index in [2.05, 4.69) is 5.32 Å². The van der Waals surface area contributed by atoms with Crippen LogP contribution >= 0.6 is 0 Å². The molecule has 0 radical (unpaired) electrons. The number of nitrogens with one attached hydrogen (secondary N) is 1. The number of halogens is 1. The van der Waals surface area contributed by atoms with E-state index >= 15 is 0 Å². The molecule has 0 aliphatic heterocycles. The molecule has 0 spiro atoms. The van der Waals surface area contributed by atoms with Crippen LogP contribution in [0.15, 0.2) is 48.5 Å². The highest BCUT2D eigenvalue weighted by atomic mass is 19.1. The zero-order chi connectivity index (χ0) is 20.7. The molecule has 0 aliphatic carbocycles. The van der Waals surface area contributed by atoms with Crippen molar-refractivity contribution in [1.82, 2.24) is 0 Å². The van der Waals surface area contributed by atoms with Gasteiger partial charge in [0.25, 0.3) is 0 Å². The Balaban J connectivity index is 1.79. The van der Waals surface area contributed by atoms with Gasteiger partial charge in [-0.3, -0.25) is 14.4 Å². The van der Waals surface area contributed by atoms with E-state index in [-0.39, 0.29) is 30.5 Å². The Morgan fingerprint density at radius 2 is 1.57 bits per heavy atom. The van der Waals surface area contributed by atoms with Gasteiger partial charge in [0.1, 0.15) is 5.82 Å². The molecule has 1 N–H and O–H groups in total. The summed E-state index contributed by atoms with van der Waals surface area (Å²) in [6, 6.07) is 12.3. The number of ketones is 1. The van der Waals surface area contributed by atoms with E-state index in [0.717, 1.165) is 5.56 Å². The highest BCUT2D eigenvalue weighted by molar-refractivity contribution is 5.99. The Labute approximate surface area is 163 Å². The number of aryl methyl sites for hydroxylation is 1. The molecule has 0 heterocycles. The molecule has 0 aromatic heterocycles. The Morgan fingerprint density at radius 1 is 0.964 bits per heavy atom. The van der Waals surface area contributed by atoms with Gasteiger partial charge in [-0.15, -0.1) is 0 Å². The molecule has 0 saturated heterocycles. The van der Waals surface area contributed by atoms with Gasteiger partial charge in [-0.25, -0.2) is 4.39 Å². The second-order valence-electron chi connectivity index (χ2n) is 7.49. The zero-order valence-corrected chi connectivity index (χ0v) is 16.3. The third-order valence-electron chi connectivity index (χ3n) is 4.04. The van der Waals surface area contributed by atoms with Crippen LogP contribution in [0.3, 0.4) is 0 Å². The summed E-state index contributed by atoms with van der Waals surface area (Å²) in [6.07, 6.45) is 0.520. The summed E-state index contributed by atoms with van der Waals surface area (Å²) in [5.74, 6) is -1.28. The minimum atomic E-state index is -0.517. The average Bonchev–Trinajstić information content (AvgIpc) is 2.65. The van der Waals surface area contributed by atoms with Gasteiger partial charge in [-0.2, -0.15) is 0 Å². The molecule has 5 nitrogen and oxygen atoms in total. The largest absolute Gasteiger partial charge is 0.457 e. The van der Waals surface area contributed by atoms with Crippen LogP contribution in [0, 0.1) is 11.2 Å². The maximum atomic E-state index is 12.8. The topological polar surface area (TPSA) is 72.5 Å². The maximum absolute atomic E-state index is 12.8. The predicted octanol–water partition coefficient (Wildman–Crippen LogP) is 4.17. The van der Waals surface area contributed by atoms with Crippen LogP contribution in [0.2, 0.25) is 0 Å². The number of anilines is 1. The minimum Gasteiger partial charge on any atom is -0.457 e. The fraction of sp³-hybridized carbons (Fsp3) is 0.318. The summed E-state index contributed by atoms with van der Waals surface area (Å²) in [4.78, 5) is 35.9. The van der Waals surface area contributed by atoms with E-state index in [9.17, 15) is 18.8 Å². The first-order valence-electron chi connectivity index (χ1n) is 9.00. The van der Waals surface area contributed by atoms with Gasteiger partial charge in [0, 0.05) is 23.1 Å². The molecule has 0 fully saturated rings. The Hall–Kier alpha value is -3.02. The fourth-order valence-electron chi connectivity index (χ4n) is 2.26. The van der Waals surface area contributed by atoms with Gasteiger partial charge < -0.3 is 10.1 Å². The average molecular weight is 385 g/mol. The van der Waals surface area contributed by atoms with E-state index in [1.54, 1.807) is 36.4 Å². The molecule has 2 aromatic carbocycles. The molecule has 0 bridgehead atoms. The monoisotopic (exact) mass is 385 g/mol. The molecule has 0 saturated carbocycles. The summed E-state index contributed by atoms with van der Waals surface area (Å²) in [5.41, 5.74) is 1.28. The second-order valence-corrected chi connectivity index (χ2v) is 7.49. The number of hydrogen-bond acceptors (Lipinski definition) is 4.